The molecule has 3 rings (SSSR count). The van der Waals surface area contributed by atoms with Crippen LogP contribution in [0.4, 0.5) is 9.52 Å². The van der Waals surface area contributed by atoms with Crippen LogP contribution in [0.1, 0.15) is 0 Å². The lowest BCUT2D eigenvalue weighted by atomic mass is 10.1. The number of rotatable bonds is 9. The maximum atomic E-state index is 13.1. The lowest BCUT2D eigenvalue weighted by Crippen LogP contribution is -2.23. The molecule has 0 saturated heterocycles. The summed E-state index contributed by atoms with van der Waals surface area (Å²) in [5, 5.41) is 4.69. The summed E-state index contributed by atoms with van der Waals surface area (Å²) < 4.78 is 33.5. The molecule has 0 saturated carbocycles. The quantitative estimate of drug-likeness (QED) is 0.503. The van der Waals surface area contributed by atoms with Gasteiger partial charge in [0.2, 0.25) is 0 Å². The number of hydrogen-bond acceptors (Lipinski definition) is 8. The van der Waals surface area contributed by atoms with Gasteiger partial charge in [0.15, 0.2) is 29.8 Å². The lowest BCUT2D eigenvalue weighted by Gasteiger charge is -2.08. The molecule has 8 nitrogen and oxygen atoms in total. The van der Waals surface area contributed by atoms with E-state index in [0.717, 1.165) is 11.6 Å². The molecule has 2 aromatic carbocycles. The van der Waals surface area contributed by atoms with E-state index < -0.39 is 30.9 Å². The van der Waals surface area contributed by atoms with Gasteiger partial charge in [0.05, 0.1) is 19.9 Å². The Labute approximate surface area is 181 Å². The van der Waals surface area contributed by atoms with Gasteiger partial charge in [-0.15, -0.1) is 11.3 Å². The number of esters is 1. The van der Waals surface area contributed by atoms with E-state index in [1.54, 1.807) is 31.7 Å². The van der Waals surface area contributed by atoms with Crippen molar-refractivity contribution in [1.29, 1.82) is 0 Å². The third kappa shape index (κ3) is 6.16. The number of thiazole rings is 1. The number of nitrogens with one attached hydrogen (secondary N) is 1. The molecule has 1 heterocycles. The predicted molar refractivity (Wildman–Crippen MR) is 112 cm³/mol. The summed E-state index contributed by atoms with van der Waals surface area (Å²) in [6.45, 7) is -0.950. The first-order valence-corrected chi connectivity index (χ1v) is 9.88. The van der Waals surface area contributed by atoms with Crippen molar-refractivity contribution in [3.05, 3.63) is 53.7 Å². The van der Waals surface area contributed by atoms with Gasteiger partial charge in [0.1, 0.15) is 11.6 Å². The fourth-order valence-electron chi connectivity index (χ4n) is 2.50. The van der Waals surface area contributed by atoms with Crippen LogP contribution in [0.25, 0.3) is 11.3 Å². The van der Waals surface area contributed by atoms with Crippen molar-refractivity contribution >= 4 is 28.3 Å². The highest BCUT2D eigenvalue weighted by Gasteiger charge is 2.13. The van der Waals surface area contributed by atoms with Gasteiger partial charge in [0, 0.05) is 17.0 Å². The Morgan fingerprint density at radius 3 is 2.61 bits per heavy atom. The summed E-state index contributed by atoms with van der Waals surface area (Å²) >= 11 is 1.22. The number of aromatic nitrogens is 1. The lowest BCUT2D eigenvalue weighted by molar-refractivity contribution is -0.149. The zero-order chi connectivity index (χ0) is 22.2. The fraction of sp³-hybridized carbons (Fsp3) is 0.190. The van der Waals surface area contributed by atoms with Crippen LogP contribution in [0, 0.1) is 5.82 Å². The number of carbonyl (C=O) groups excluding carboxylic acids is 2. The number of methoxy groups -OCH3 is 2. The van der Waals surface area contributed by atoms with Crippen LogP contribution in [-0.4, -0.2) is 44.3 Å². The van der Waals surface area contributed by atoms with E-state index in [-0.39, 0.29) is 5.75 Å². The minimum atomic E-state index is -0.760. The van der Waals surface area contributed by atoms with Crippen molar-refractivity contribution in [2.45, 2.75) is 0 Å². The number of nitrogens with zero attached hydrogens (tertiary/aromatic N) is 1. The summed E-state index contributed by atoms with van der Waals surface area (Å²) in [6, 6.07) is 10.7. The van der Waals surface area contributed by atoms with E-state index in [1.165, 1.54) is 29.5 Å². The average Bonchev–Trinajstić information content (AvgIpc) is 3.24. The average molecular weight is 446 g/mol. The third-order valence-corrected chi connectivity index (χ3v) is 4.70. The molecule has 0 bridgehead atoms. The second-order valence-electron chi connectivity index (χ2n) is 6.06. The number of hydrogen-bond donors (Lipinski definition) is 1. The maximum Gasteiger partial charge on any atom is 0.344 e. The number of benzene rings is 2. The van der Waals surface area contributed by atoms with E-state index >= 15 is 0 Å². The van der Waals surface area contributed by atoms with Gasteiger partial charge in [0.25, 0.3) is 5.91 Å². The predicted octanol–water partition coefficient (Wildman–Crippen LogP) is 3.53. The normalized spacial score (nSPS) is 10.3. The number of ether oxygens (including phenoxy) is 4. The molecule has 0 aliphatic heterocycles. The van der Waals surface area contributed by atoms with E-state index in [1.807, 2.05) is 6.07 Å². The minimum absolute atomic E-state index is 0.187. The van der Waals surface area contributed by atoms with E-state index in [0.29, 0.717) is 22.3 Å². The van der Waals surface area contributed by atoms with Gasteiger partial charge in [-0.3, -0.25) is 10.1 Å². The first-order valence-electron chi connectivity index (χ1n) is 9.00. The molecule has 0 aliphatic rings. The van der Waals surface area contributed by atoms with Gasteiger partial charge < -0.3 is 18.9 Å². The molecule has 0 spiro atoms. The van der Waals surface area contributed by atoms with E-state index in [9.17, 15) is 14.0 Å². The molecule has 0 aliphatic carbocycles. The van der Waals surface area contributed by atoms with Crippen molar-refractivity contribution in [3.8, 4) is 28.5 Å². The molecular formula is C21H19FN2O6S. The standard InChI is InChI=1S/C21H19FN2O6S/c1-27-17-7-6-13(8-18(17)28-2)16-12-31-21(23-16)24-19(25)10-30-20(26)11-29-15-5-3-4-14(22)9-15/h3-9,12H,10-11H2,1-2H3,(H,23,24,25). The monoisotopic (exact) mass is 446 g/mol. The highest BCUT2D eigenvalue weighted by Crippen LogP contribution is 2.33. The summed E-state index contributed by atoms with van der Waals surface area (Å²) in [5.74, 6) is -0.450. The second kappa shape index (κ2) is 10.4. The molecular weight excluding hydrogens is 427 g/mol. The van der Waals surface area contributed by atoms with Gasteiger partial charge in [-0.25, -0.2) is 14.2 Å². The number of amides is 1. The van der Waals surface area contributed by atoms with Crippen molar-refractivity contribution < 1.29 is 32.9 Å². The van der Waals surface area contributed by atoms with Gasteiger partial charge in [-0.1, -0.05) is 6.07 Å². The van der Waals surface area contributed by atoms with Crippen LogP contribution in [0.5, 0.6) is 17.2 Å². The summed E-state index contributed by atoms with van der Waals surface area (Å²) in [4.78, 5) is 28.1. The molecule has 0 atom stereocenters. The third-order valence-electron chi connectivity index (χ3n) is 3.95. The van der Waals surface area contributed by atoms with Crippen LogP contribution in [-0.2, 0) is 14.3 Å². The molecule has 31 heavy (non-hydrogen) atoms. The Morgan fingerprint density at radius 2 is 1.87 bits per heavy atom. The van der Waals surface area contributed by atoms with Crippen molar-refractivity contribution in [1.82, 2.24) is 4.98 Å². The molecule has 1 aromatic heterocycles. The Bertz CT molecular complexity index is 1070. The van der Waals surface area contributed by atoms with Crippen LogP contribution < -0.4 is 19.5 Å². The van der Waals surface area contributed by atoms with Crippen LogP contribution in [0.15, 0.2) is 47.8 Å². The summed E-state index contributed by atoms with van der Waals surface area (Å²) in [6.07, 6.45) is 0. The zero-order valence-electron chi connectivity index (χ0n) is 16.7. The summed E-state index contributed by atoms with van der Waals surface area (Å²) in [7, 11) is 3.09. The first-order chi connectivity index (χ1) is 15.0. The Morgan fingerprint density at radius 1 is 1.06 bits per heavy atom. The highest BCUT2D eigenvalue weighted by atomic mass is 32.1. The van der Waals surface area contributed by atoms with Gasteiger partial charge >= 0.3 is 5.97 Å². The molecule has 1 amide bonds. The Balaban J connectivity index is 1.49. The van der Waals surface area contributed by atoms with Crippen molar-refractivity contribution in [2.24, 2.45) is 0 Å². The fourth-order valence-corrected chi connectivity index (χ4v) is 3.24. The Kier molecular flexibility index (Phi) is 7.39. The highest BCUT2D eigenvalue weighted by molar-refractivity contribution is 7.14. The van der Waals surface area contributed by atoms with Crippen molar-refractivity contribution in [2.75, 3.05) is 32.8 Å². The molecule has 162 valence electrons. The molecule has 1 N–H and O–H groups in total. The first kappa shape index (κ1) is 22.0. The van der Waals surface area contributed by atoms with E-state index in [2.05, 4.69) is 10.3 Å². The summed E-state index contributed by atoms with van der Waals surface area (Å²) in [5.41, 5.74) is 1.43. The van der Waals surface area contributed by atoms with Crippen LogP contribution >= 0.6 is 11.3 Å². The van der Waals surface area contributed by atoms with Gasteiger partial charge in [-0.2, -0.15) is 0 Å². The zero-order valence-corrected chi connectivity index (χ0v) is 17.5. The molecule has 10 heteroatoms. The van der Waals surface area contributed by atoms with Crippen LogP contribution in [0.2, 0.25) is 0 Å². The van der Waals surface area contributed by atoms with E-state index in [4.69, 9.17) is 18.9 Å². The van der Waals surface area contributed by atoms with Crippen LogP contribution in [0.3, 0.4) is 0 Å². The molecule has 3 aromatic rings. The largest absolute Gasteiger partial charge is 0.493 e. The number of halogens is 1. The minimum Gasteiger partial charge on any atom is -0.493 e. The number of anilines is 1. The smallest absolute Gasteiger partial charge is 0.344 e. The molecule has 0 radical (unpaired) electrons. The SMILES string of the molecule is COc1ccc(-c2csc(NC(=O)COC(=O)COc3cccc(F)c3)n2)cc1OC. The van der Waals surface area contributed by atoms with Gasteiger partial charge in [-0.05, 0) is 30.3 Å². The van der Waals surface area contributed by atoms with Crippen molar-refractivity contribution in [3.63, 3.8) is 0 Å². The molecule has 0 unspecified atom stereocenters. The maximum absolute atomic E-state index is 13.1. The number of carbonyl (C=O) groups is 2. The molecule has 0 fully saturated rings. The Hall–Kier alpha value is -3.66. The topological polar surface area (TPSA) is 96.0 Å². The second-order valence-corrected chi connectivity index (χ2v) is 6.92.